The van der Waals surface area contributed by atoms with Crippen molar-refractivity contribution in [3.8, 4) is 0 Å². The molecule has 0 saturated carbocycles. The van der Waals surface area contributed by atoms with Crippen molar-refractivity contribution in [2.45, 2.75) is 53.9 Å². The van der Waals surface area contributed by atoms with Gasteiger partial charge in [0.1, 0.15) is 0 Å². The fraction of sp³-hybridized carbons (Fsp3) is 0.370. The number of rotatable bonds is 3. The maximum Gasteiger partial charge on any atom is 1.00 e. The van der Waals surface area contributed by atoms with Crippen LogP contribution in [0, 0.1) is 6.92 Å². The molecule has 0 radical (unpaired) electrons. The Kier molecular flexibility index (Phi) is 20.2. The fourth-order valence-corrected chi connectivity index (χ4v) is 2.60. The SMILES string of the molecule is C.C1=Cc2ccccc2C1.C1=Cc2ccccc2C1.CCOCC.[CH2-]CCC.[Li+]. The number of hydrogen-bond acceptors (Lipinski definition) is 1. The number of fused-ring (bicyclic) bond motifs is 2. The van der Waals surface area contributed by atoms with Crippen molar-refractivity contribution in [1.29, 1.82) is 0 Å². The molecule has 2 aliphatic carbocycles. The molecule has 154 valence electrons. The largest absolute Gasteiger partial charge is 1.00 e. The van der Waals surface area contributed by atoms with Crippen LogP contribution >= 0.6 is 0 Å². The van der Waals surface area contributed by atoms with Gasteiger partial charge in [-0.2, -0.15) is 6.42 Å². The normalized spacial score (nSPS) is 11.0. The molecular weight excluding hydrogens is 347 g/mol. The van der Waals surface area contributed by atoms with E-state index in [2.05, 4.69) is 86.7 Å². The molecule has 2 aliphatic rings. The second-order valence-corrected chi connectivity index (χ2v) is 6.25. The molecule has 0 aliphatic heterocycles. The van der Waals surface area contributed by atoms with Crippen molar-refractivity contribution in [2.24, 2.45) is 0 Å². The Morgan fingerprint density at radius 3 is 1.41 bits per heavy atom. The summed E-state index contributed by atoms with van der Waals surface area (Å²) in [5.74, 6) is 0. The van der Waals surface area contributed by atoms with E-state index in [1.54, 1.807) is 0 Å². The van der Waals surface area contributed by atoms with E-state index in [4.69, 9.17) is 4.74 Å². The van der Waals surface area contributed by atoms with Crippen LogP contribution in [-0.2, 0) is 17.6 Å². The van der Waals surface area contributed by atoms with Crippen LogP contribution in [0.2, 0.25) is 0 Å². The average molecular weight is 387 g/mol. The average Bonchev–Trinajstić information content (AvgIpc) is 3.39. The molecule has 0 aromatic heterocycles. The Hall–Kier alpha value is -1.52. The molecule has 0 fully saturated rings. The van der Waals surface area contributed by atoms with Crippen LogP contribution in [0.4, 0.5) is 0 Å². The third-order valence-electron chi connectivity index (χ3n) is 4.14. The number of unbranched alkanes of at least 4 members (excludes halogenated alkanes) is 1. The molecule has 2 aromatic carbocycles. The summed E-state index contributed by atoms with van der Waals surface area (Å²) in [5, 5.41) is 0. The van der Waals surface area contributed by atoms with Gasteiger partial charge in [0.05, 0.1) is 0 Å². The standard InChI is InChI=1S/2C9H8.C4H10O.C4H9.CH4.Li/c2*1-2-5-9-7-3-6-8(9)4-1;1-3-5-4-2;1-3-4-2;;/h2*1-6H,7H2;3-4H2,1-2H3;1,3-4H2,2H3;1H4;/q;;;-1;;+1. The summed E-state index contributed by atoms with van der Waals surface area (Å²) >= 11 is 0. The van der Waals surface area contributed by atoms with Crippen LogP contribution in [0.15, 0.2) is 60.7 Å². The van der Waals surface area contributed by atoms with Gasteiger partial charge in [-0.3, -0.25) is 0 Å². The van der Waals surface area contributed by atoms with Gasteiger partial charge in [-0.05, 0) is 48.9 Å². The van der Waals surface area contributed by atoms with E-state index >= 15 is 0 Å². The quantitative estimate of drug-likeness (QED) is 0.543. The second kappa shape index (κ2) is 19.8. The van der Waals surface area contributed by atoms with Gasteiger partial charge in [-0.1, -0.05) is 93.6 Å². The number of benzene rings is 2. The first-order valence-electron chi connectivity index (χ1n) is 10.1. The van der Waals surface area contributed by atoms with Gasteiger partial charge >= 0.3 is 18.9 Å². The molecule has 29 heavy (non-hydrogen) atoms. The molecule has 0 bridgehead atoms. The first-order chi connectivity index (χ1) is 13.3. The van der Waals surface area contributed by atoms with Gasteiger partial charge in [-0.25, -0.2) is 0 Å². The van der Waals surface area contributed by atoms with Crippen LogP contribution in [-0.4, -0.2) is 13.2 Å². The Morgan fingerprint density at radius 2 is 1.14 bits per heavy atom. The minimum Gasteiger partial charge on any atom is -0.382 e. The van der Waals surface area contributed by atoms with Crippen LogP contribution in [0.25, 0.3) is 12.2 Å². The third-order valence-corrected chi connectivity index (χ3v) is 4.14. The smallest absolute Gasteiger partial charge is 0.382 e. The van der Waals surface area contributed by atoms with Crippen molar-refractivity contribution in [3.63, 3.8) is 0 Å². The topological polar surface area (TPSA) is 9.23 Å². The Labute approximate surface area is 192 Å². The van der Waals surface area contributed by atoms with Crippen molar-refractivity contribution in [3.05, 3.63) is 89.9 Å². The van der Waals surface area contributed by atoms with E-state index in [-0.39, 0.29) is 26.3 Å². The first kappa shape index (κ1) is 29.7. The molecular formula is C27H39LiO. The van der Waals surface area contributed by atoms with Gasteiger partial charge in [0.2, 0.25) is 0 Å². The summed E-state index contributed by atoms with van der Waals surface area (Å²) in [7, 11) is 0. The summed E-state index contributed by atoms with van der Waals surface area (Å²) in [6.45, 7) is 11.4. The number of ether oxygens (including phenoxy) is 1. The molecule has 2 heteroatoms. The van der Waals surface area contributed by atoms with Crippen LogP contribution in [0.3, 0.4) is 0 Å². The van der Waals surface area contributed by atoms with Crippen LogP contribution in [0.5, 0.6) is 0 Å². The van der Waals surface area contributed by atoms with Gasteiger partial charge in [0.15, 0.2) is 0 Å². The van der Waals surface area contributed by atoms with E-state index in [1.807, 2.05) is 13.8 Å². The number of hydrogen-bond donors (Lipinski definition) is 0. The zero-order valence-corrected chi connectivity index (χ0v) is 18.3. The second-order valence-electron chi connectivity index (χ2n) is 6.25. The van der Waals surface area contributed by atoms with Crippen molar-refractivity contribution >= 4 is 12.2 Å². The molecule has 0 amide bonds. The zero-order valence-electron chi connectivity index (χ0n) is 18.3. The molecule has 1 nitrogen and oxygen atoms in total. The maximum atomic E-state index is 4.83. The minimum atomic E-state index is 0. The Bertz CT molecular complexity index is 629. The van der Waals surface area contributed by atoms with E-state index in [1.165, 1.54) is 28.7 Å². The fourth-order valence-electron chi connectivity index (χ4n) is 2.60. The minimum absolute atomic E-state index is 0. The molecule has 2 aromatic rings. The van der Waals surface area contributed by atoms with Gasteiger partial charge in [-0.15, -0.1) is 0 Å². The van der Waals surface area contributed by atoms with Crippen LogP contribution < -0.4 is 18.9 Å². The van der Waals surface area contributed by atoms with Gasteiger partial charge < -0.3 is 11.7 Å². The Balaban J connectivity index is 0. The molecule has 0 N–H and O–H groups in total. The summed E-state index contributed by atoms with van der Waals surface area (Å²) in [4.78, 5) is 0. The van der Waals surface area contributed by atoms with Gasteiger partial charge in [0, 0.05) is 13.2 Å². The molecule has 0 heterocycles. The molecule has 0 atom stereocenters. The third kappa shape index (κ3) is 12.6. The summed E-state index contributed by atoms with van der Waals surface area (Å²) in [5.41, 5.74) is 5.69. The first-order valence-corrected chi connectivity index (χ1v) is 10.1. The molecule has 0 unspecified atom stereocenters. The summed E-state index contributed by atoms with van der Waals surface area (Å²) < 4.78 is 4.83. The van der Waals surface area contributed by atoms with Crippen molar-refractivity contribution < 1.29 is 23.6 Å². The van der Waals surface area contributed by atoms with Crippen molar-refractivity contribution in [2.75, 3.05) is 13.2 Å². The predicted molar refractivity (Wildman–Crippen MR) is 128 cm³/mol. The maximum absolute atomic E-state index is 4.83. The van der Waals surface area contributed by atoms with E-state index in [9.17, 15) is 0 Å². The van der Waals surface area contributed by atoms with E-state index in [0.717, 1.165) is 32.5 Å². The summed E-state index contributed by atoms with van der Waals surface area (Å²) in [6.07, 6.45) is 13.3. The molecule has 4 rings (SSSR count). The monoisotopic (exact) mass is 386 g/mol. The van der Waals surface area contributed by atoms with Crippen molar-refractivity contribution in [1.82, 2.24) is 0 Å². The van der Waals surface area contributed by atoms with E-state index < -0.39 is 0 Å². The predicted octanol–water partition coefficient (Wildman–Crippen LogP) is 4.82. The molecule has 0 saturated heterocycles. The Morgan fingerprint density at radius 1 is 0.759 bits per heavy atom. The van der Waals surface area contributed by atoms with Gasteiger partial charge in [0.25, 0.3) is 0 Å². The van der Waals surface area contributed by atoms with E-state index in [0.29, 0.717) is 0 Å². The zero-order chi connectivity index (χ0) is 19.7. The van der Waals surface area contributed by atoms with Crippen LogP contribution in [0.1, 0.15) is 63.3 Å². The number of allylic oxidation sites excluding steroid dienone is 2. The molecule has 0 spiro atoms. The summed E-state index contributed by atoms with van der Waals surface area (Å²) in [6, 6.07) is 17.0.